The third-order valence-corrected chi connectivity index (χ3v) is 8.61. The molecule has 0 aliphatic rings. The molecule has 0 aliphatic carbocycles. The van der Waals surface area contributed by atoms with Crippen molar-refractivity contribution in [3.05, 3.63) is 175 Å². The number of aromatic nitrogens is 3. The fraction of sp³-hybridized carbons (Fsp3) is 0. The summed E-state index contributed by atoms with van der Waals surface area (Å²) in [4.78, 5) is 14.6. The quantitative estimate of drug-likeness (QED) is 0.187. The molecule has 0 saturated carbocycles. The molecule has 7 aromatic carbocycles. The maximum absolute atomic E-state index is 9.52. The van der Waals surface area contributed by atoms with E-state index >= 15 is 0 Å². The summed E-state index contributed by atoms with van der Waals surface area (Å²) in [5.41, 5.74) is 10.1. The van der Waals surface area contributed by atoms with Crippen LogP contribution in [0.4, 0.5) is 0 Å². The van der Waals surface area contributed by atoms with Crippen molar-refractivity contribution in [1.82, 2.24) is 15.0 Å². The molecule has 0 aliphatic heterocycles. The van der Waals surface area contributed by atoms with Crippen molar-refractivity contribution in [3.63, 3.8) is 0 Å². The predicted molar refractivity (Wildman–Crippen MR) is 195 cm³/mol. The highest BCUT2D eigenvalue weighted by Gasteiger charge is 2.13. The molecule has 0 saturated heterocycles. The summed E-state index contributed by atoms with van der Waals surface area (Å²) in [6.07, 6.45) is 0. The van der Waals surface area contributed by atoms with Gasteiger partial charge >= 0.3 is 0 Å². The van der Waals surface area contributed by atoms with E-state index < -0.39 is 0 Å². The molecule has 0 radical (unpaired) electrons. The fourth-order valence-electron chi connectivity index (χ4n) is 6.13. The Balaban J connectivity index is 1.11. The molecule has 8 rings (SSSR count). The fourth-order valence-corrected chi connectivity index (χ4v) is 6.13. The molecule has 8 aromatic rings. The van der Waals surface area contributed by atoms with E-state index in [-0.39, 0.29) is 0 Å². The topological polar surface area (TPSA) is 62.5 Å². The van der Waals surface area contributed by atoms with Crippen LogP contribution in [0, 0.1) is 11.3 Å². The minimum absolute atomic E-state index is 0.638. The van der Waals surface area contributed by atoms with E-state index in [1.54, 1.807) is 0 Å². The normalized spacial score (nSPS) is 10.9. The number of benzene rings is 7. The van der Waals surface area contributed by atoms with Crippen LogP contribution in [0.1, 0.15) is 5.56 Å². The van der Waals surface area contributed by atoms with Gasteiger partial charge in [-0.25, -0.2) is 15.0 Å². The molecule has 0 unspecified atom stereocenters. The van der Waals surface area contributed by atoms with Gasteiger partial charge in [-0.1, -0.05) is 158 Å². The highest BCUT2D eigenvalue weighted by molar-refractivity contribution is 5.99. The van der Waals surface area contributed by atoms with E-state index in [2.05, 4.69) is 91.0 Å². The summed E-state index contributed by atoms with van der Waals surface area (Å²) in [6.45, 7) is 0. The first-order valence-corrected chi connectivity index (χ1v) is 15.8. The summed E-state index contributed by atoms with van der Waals surface area (Å²) in [6, 6.07) is 60.0. The van der Waals surface area contributed by atoms with Crippen molar-refractivity contribution in [1.29, 1.82) is 5.26 Å². The summed E-state index contributed by atoms with van der Waals surface area (Å²) in [7, 11) is 0. The number of hydrogen-bond donors (Lipinski definition) is 0. The Morgan fingerprint density at radius 1 is 0.354 bits per heavy atom. The van der Waals surface area contributed by atoms with E-state index in [4.69, 9.17) is 15.0 Å². The Labute approximate surface area is 279 Å². The molecule has 0 atom stereocenters. The number of rotatable bonds is 6. The smallest absolute Gasteiger partial charge is 0.164 e. The number of nitriles is 1. The third-order valence-electron chi connectivity index (χ3n) is 8.61. The van der Waals surface area contributed by atoms with Crippen LogP contribution in [-0.4, -0.2) is 15.0 Å². The van der Waals surface area contributed by atoms with Crippen molar-refractivity contribution >= 4 is 10.8 Å². The van der Waals surface area contributed by atoms with E-state index in [0.717, 1.165) is 44.5 Å². The van der Waals surface area contributed by atoms with Crippen LogP contribution >= 0.6 is 0 Å². The van der Waals surface area contributed by atoms with Gasteiger partial charge in [-0.05, 0) is 56.3 Å². The van der Waals surface area contributed by atoms with Crippen molar-refractivity contribution in [2.45, 2.75) is 0 Å². The van der Waals surface area contributed by atoms with E-state index in [1.807, 2.05) is 84.9 Å². The first kappa shape index (κ1) is 28.8. The minimum atomic E-state index is 0.638. The Hall–Kier alpha value is -6.70. The molecule has 0 N–H and O–H groups in total. The summed E-state index contributed by atoms with van der Waals surface area (Å²) in [5.74, 6) is 1.93. The van der Waals surface area contributed by atoms with Crippen molar-refractivity contribution < 1.29 is 0 Å². The lowest BCUT2D eigenvalue weighted by Gasteiger charge is -2.11. The lowest BCUT2D eigenvalue weighted by molar-refractivity contribution is 1.07. The van der Waals surface area contributed by atoms with Crippen LogP contribution in [0.3, 0.4) is 0 Å². The van der Waals surface area contributed by atoms with Gasteiger partial charge in [-0.2, -0.15) is 5.26 Å². The largest absolute Gasteiger partial charge is 0.208 e. The molecule has 4 nitrogen and oxygen atoms in total. The SMILES string of the molecule is N#Cc1ccccc1-c1ccc(-c2ccc3c(-c4ccc(-c5nc(-c6ccccc6)nc(-c6ccccc6)n5)cc4)cccc3c2)cc1. The number of hydrogen-bond acceptors (Lipinski definition) is 4. The van der Waals surface area contributed by atoms with Crippen LogP contribution in [0.25, 0.3) is 78.3 Å². The molecule has 4 heteroatoms. The Kier molecular flexibility index (Phi) is 7.54. The zero-order valence-corrected chi connectivity index (χ0v) is 26.0. The first-order valence-electron chi connectivity index (χ1n) is 15.8. The van der Waals surface area contributed by atoms with Crippen LogP contribution in [-0.2, 0) is 0 Å². The van der Waals surface area contributed by atoms with E-state index in [1.165, 1.54) is 16.3 Å². The Morgan fingerprint density at radius 2 is 0.812 bits per heavy atom. The number of fused-ring (bicyclic) bond motifs is 1. The third kappa shape index (κ3) is 5.62. The lowest BCUT2D eigenvalue weighted by Crippen LogP contribution is -2.00. The second kappa shape index (κ2) is 12.6. The number of nitrogens with zero attached hydrogens (tertiary/aromatic N) is 4. The van der Waals surface area contributed by atoms with Gasteiger partial charge in [-0.3, -0.25) is 0 Å². The molecule has 0 amide bonds. The second-order valence-electron chi connectivity index (χ2n) is 11.6. The first-order chi connectivity index (χ1) is 23.7. The molecular weight excluding hydrogens is 585 g/mol. The van der Waals surface area contributed by atoms with E-state index in [9.17, 15) is 5.26 Å². The maximum Gasteiger partial charge on any atom is 0.164 e. The van der Waals surface area contributed by atoms with Crippen molar-refractivity contribution in [2.75, 3.05) is 0 Å². The van der Waals surface area contributed by atoms with Crippen LogP contribution in [0.15, 0.2) is 170 Å². The van der Waals surface area contributed by atoms with Crippen LogP contribution < -0.4 is 0 Å². The highest BCUT2D eigenvalue weighted by atomic mass is 15.0. The average Bonchev–Trinajstić information content (AvgIpc) is 3.18. The maximum atomic E-state index is 9.52. The van der Waals surface area contributed by atoms with Crippen molar-refractivity contribution in [2.24, 2.45) is 0 Å². The minimum Gasteiger partial charge on any atom is -0.208 e. The molecular formula is C44H28N4. The van der Waals surface area contributed by atoms with Crippen LogP contribution in [0.2, 0.25) is 0 Å². The highest BCUT2D eigenvalue weighted by Crippen LogP contribution is 2.34. The average molecular weight is 613 g/mol. The molecule has 1 heterocycles. The summed E-state index contributed by atoms with van der Waals surface area (Å²) < 4.78 is 0. The monoisotopic (exact) mass is 612 g/mol. The van der Waals surface area contributed by atoms with Gasteiger partial charge in [0, 0.05) is 16.7 Å². The van der Waals surface area contributed by atoms with Gasteiger partial charge in [0.1, 0.15) is 0 Å². The van der Waals surface area contributed by atoms with Gasteiger partial charge in [0.25, 0.3) is 0 Å². The zero-order chi connectivity index (χ0) is 32.3. The molecule has 0 fully saturated rings. The molecule has 0 bridgehead atoms. The second-order valence-corrected chi connectivity index (χ2v) is 11.6. The molecule has 48 heavy (non-hydrogen) atoms. The lowest BCUT2D eigenvalue weighted by atomic mass is 9.93. The zero-order valence-electron chi connectivity index (χ0n) is 26.0. The molecule has 0 spiro atoms. The van der Waals surface area contributed by atoms with Gasteiger partial charge in [0.05, 0.1) is 11.6 Å². The van der Waals surface area contributed by atoms with Crippen LogP contribution in [0.5, 0.6) is 0 Å². The van der Waals surface area contributed by atoms with E-state index in [0.29, 0.717) is 23.0 Å². The van der Waals surface area contributed by atoms with Gasteiger partial charge in [0.15, 0.2) is 17.5 Å². The van der Waals surface area contributed by atoms with Gasteiger partial charge in [-0.15, -0.1) is 0 Å². The molecule has 1 aromatic heterocycles. The Bertz CT molecular complexity index is 2370. The standard InChI is InChI=1S/C44H28N4/c45-29-38-14-7-8-16-39(38)31-20-18-30(19-21-31)36-26-27-41-37(28-36)15-9-17-40(41)32-22-24-35(25-23-32)44-47-42(33-10-3-1-4-11-33)46-43(48-44)34-12-5-2-6-13-34/h1-28H. The van der Waals surface area contributed by atoms with Gasteiger partial charge < -0.3 is 0 Å². The molecule has 224 valence electrons. The van der Waals surface area contributed by atoms with Crippen molar-refractivity contribution in [3.8, 4) is 73.6 Å². The predicted octanol–water partition coefficient (Wildman–Crippen LogP) is 10.9. The Morgan fingerprint density at radius 3 is 1.42 bits per heavy atom. The van der Waals surface area contributed by atoms with Gasteiger partial charge in [0.2, 0.25) is 0 Å². The summed E-state index contributed by atoms with van der Waals surface area (Å²) >= 11 is 0. The summed E-state index contributed by atoms with van der Waals surface area (Å²) in [5, 5.41) is 11.9.